The minimum atomic E-state index is -4.27. The molecule has 1 fully saturated rings. The molecule has 1 aromatic carbocycles. The minimum absolute atomic E-state index is 0.00609. The SMILES string of the molecule is CCCCOP(=O)(O)C[C@H](NC(=O)c1cc(CCCOC)nc(-c2ccccc2)n1)C(=O)N1CCN(OC(=O)O)CC1. The molecule has 230 valence electrons. The lowest BCUT2D eigenvalue weighted by Gasteiger charge is -2.35. The summed E-state index contributed by atoms with van der Waals surface area (Å²) in [6, 6.07) is 9.23. The van der Waals surface area contributed by atoms with Gasteiger partial charge in [0.05, 0.1) is 25.9 Å². The van der Waals surface area contributed by atoms with E-state index in [1.54, 1.807) is 7.11 Å². The smallest absolute Gasteiger partial charge is 0.448 e. The molecular weight excluding hydrogens is 569 g/mol. The molecule has 1 aliphatic heterocycles. The standard InChI is InChI=1S/C27H38N5O9P/c1-3-4-17-40-42(37,38)19-23(26(34)31-12-14-32(15-13-31)41-27(35)36)30-25(33)22-18-21(11-8-16-39-2)28-24(29-22)20-9-6-5-7-10-20/h5-7,9-10,18,23H,3-4,8,11-17,19H2,1-2H3,(H,30,33)(H,35,36)(H,37,38)/t23-/m0/s1. The molecule has 2 atom stereocenters. The molecule has 3 rings (SSSR count). The second kappa shape index (κ2) is 16.3. The Morgan fingerprint density at radius 1 is 1.07 bits per heavy atom. The molecule has 42 heavy (non-hydrogen) atoms. The van der Waals surface area contributed by atoms with Crippen LogP contribution in [0.25, 0.3) is 11.4 Å². The Morgan fingerprint density at radius 2 is 1.79 bits per heavy atom. The van der Waals surface area contributed by atoms with E-state index in [-0.39, 0.29) is 38.5 Å². The van der Waals surface area contributed by atoms with Crippen LogP contribution in [0.15, 0.2) is 36.4 Å². The molecule has 1 aromatic heterocycles. The summed E-state index contributed by atoms with van der Waals surface area (Å²) in [5, 5.41) is 12.6. The lowest BCUT2D eigenvalue weighted by atomic mass is 10.1. The Hall–Kier alpha value is -3.42. The van der Waals surface area contributed by atoms with E-state index in [0.29, 0.717) is 43.0 Å². The van der Waals surface area contributed by atoms with Crippen LogP contribution < -0.4 is 5.32 Å². The van der Waals surface area contributed by atoms with Crippen LogP contribution in [0, 0.1) is 0 Å². The summed E-state index contributed by atoms with van der Waals surface area (Å²) < 4.78 is 23.2. The van der Waals surface area contributed by atoms with Crippen LogP contribution in [0.5, 0.6) is 0 Å². The Bertz CT molecular complexity index is 1240. The molecule has 14 nitrogen and oxygen atoms in total. The molecule has 0 radical (unpaired) electrons. The monoisotopic (exact) mass is 607 g/mol. The number of nitrogens with one attached hydrogen (secondary N) is 1. The third-order valence-electron chi connectivity index (χ3n) is 6.39. The van der Waals surface area contributed by atoms with Crippen molar-refractivity contribution in [3.05, 3.63) is 47.8 Å². The van der Waals surface area contributed by atoms with Gasteiger partial charge >= 0.3 is 13.8 Å². The van der Waals surface area contributed by atoms with Gasteiger partial charge in [-0.1, -0.05) is 43.7 Å². The van der Waals surface area contributed by atoms with Gasteiger partial charge in [-0.05, 0) is 25.3 Å². The van der Waals surface area contributed by atoms with E-state index >= 15 is 0 Å². The zero-order valence-corrected chi connectivity index (χ0v) is 24.7. The first-order chi connectivity index (χ1) is 20.1. The molecule has 0 spiro atoms. The molecular formula is C27H38N5O9P. The van der Waals surface area contributed by atoms with Crippen molar-refractivity contribution >= 4 is 25.6 Å². The molecule has 1 saturated heterocycles. The maximum Gasteiger partial charge on any atom is 0.525 e. The first-order valence-corrected chi connectivity index (χ1v) is 15.5. The first kappa shape index (κ1) is 33.1. The molecule has 0 bridgehead atoms. The van der Waals surface area contributed by atoms with Gasteiger partial charge in [0.1, 0.15) is 11.7 Å². The van der Waals surface area contributed by atoms with Gasteiger partial charge < -0.3 is 34.3 Å². The number of piperazine rings is 1. The highest BCUT2D eigenvalue weighted by Gasteiger charge is 2.36. The molecule has 3 N–H and O–H groups in total. The van der Waals surface area contributed by atoms with Gasteiger partial charge in [0, 0.05) is 38.1 Å². The van der Waals surface area contributed by atoms with E-state index in [1.807, 2.05) is 37.3 Å². The Kier molecular flexibility index (Phi) is 12.8. The van der Waals surface area contributed by atoms with Crippen molar-refractivity contribution in [1.29, 1.82) is 0 Å². The van der Waals surface area contributed by atoms with Crippen LogP contribution in [-0.2, 0) is 29.9 Å². The van der Waals surface area contributed by atoms with Crippen molar-refractivity contribution in [3.8, 4) is 11.4 Å². The van der Waals surface area contributed by atoms with Gasteiger partial charge in [-0.2, -0.15) is 0 Å². The van der Waals surface area contributed by atoms with Crippen molar-refractivity contribution in [3.63, 3.8) is 0 Å². The van der Waals surface area contributed by atoms with Gasteiger partial charge in [-0.25, -0.2) is 14.8 Å². The number of rotatable bonds is 15. The molecule has 1 unspecified atom stereocenters. The third-order valence-corrected chi connectivity index (χ3v) is 7.80. The number of hydrogen-bond donors (Lipinski definition) is 3. The number of carbonyl (C=O) groups excluding carboxylic acids is 2. The van der Waals surface area contributed by atoms with Crippen molar-refractivity contribution in [2.24, 2.45) is 0 Å². The number of hydroxylamine groups is 2. The zero-order valence-electron chi connectivity index (χ0n) is 23.8. The van der Waals surface area contributed by atoms with Crippen molar-refractivity contribution in [2.45, 2.75) is 38.6 Å². The summed E-state index contributed by atoms with van der Waals surface area (Å²) in [4.78, 5) is 63.5. The second-order valence-electron chi connectivity index (χ2n) is 9.67. The number of nitrogens with zero attached hydrogens (tertiary/aromatic N) is 4. The van der Waals surface area contributed by atoms with Crippen molar-refractivity contribution in [1.82, 2.24) is 25.2 Å². The van der Waals surface area contributed by atoms with E-state index < -0.39 is 37.8 Å². The van der Waals surface area contributed by atoms with E-state index in [2.05, 4.69) is 20.1 Å². The highest BCUT2D eigenvalue weighted by Crippen LogP contribution is 2.43. The molecule has 0 aliphatic carbocycles. The maximum absolute atomic E-state index is 13.5. The summed E-state index contributed by atoms with van der Waals surface area (Å²) in [6.45, 7) is 2.79. The van der Waals surface area contributed by atoms with E-state index in [1.165, 1.54) is 16.0 Å². The van der Waals surface area contributed by atoms with Gasteiger partial charge in [-0.3, -0.25) is 14.2 Å². The lowest BCUT2D eigenvalue weighted by Crippen LogP contribution is -2.56. The van der Waals surface area contributed by atoms with Crippen LogP contribution in [0.3, 0.4) is 0 Å². The normalized spacial score (nSPS) is 15.9. The van der Waals surface area contributed by atoms with Crippen LogP contribution in [0.2, 0.25) is 0 Å². The van der Waals surface area contributed by atoms with Crippen molar-refractivity contribution in [2.75, 3.05) is 52.7 Å². The predicted octanol–water partition coefficient (Wildman–Crippen LogP) is 2.58. The fourth-order valence-corrected chi connectivity index (χ4v) is 5.47. The highest BCUT2D eigenvalue weighted by molar-refractivity contribution is 7.52. The van der Waals surface area contributed by atoms with Crippen molar-refractivity contribution < 1.29 is 43.0 Å². The lowest BCUT2D eigenvalue weighted by molar-refractivity contribution is -0.154. The fraction of sp³-hybridized carbons (Fsp3) is 0.519. The number of carbonyl (C=O) groups is 3. The minimum Gasteiger partial charge on any atom is -0.448 e. The van der Waals surface area contributed by atoms with Gasteiger partial charge in [0.2, 0.25) is 5.91 Å². The van der Waals surface area contributed by atoms with E-state index in [9.17, 15) is 23.8 Å². The molecule has 1 aliphatic rings. The predicted molar refractivity (Wildman–Crippen MR) is 152 cm³/mol. The number of benzene rings is 1. The highest BCUT2D eigenvalue weighted by atomic mass is 31.2. The Labute approximate surface area is 244 Å². The summed E-state index contributed by atoms with van der Waals surface area (Å²) in [5.74, 6) is -1.00. The number of carboxylic acid groups (broad SMARTS) is 1. The number of methoxy groups -OCH3 is 1. The number of amides is 2. The van der Waals surface area contributed by atoms with E-state index in [0.717, 1.165) is 6.42 Å². The summed E-state index contributed by atoms with van der Waals surface area (Å²) >= 11 is 0. The van der Waals surface area contributed by atoms with E-state index in [4.69, 9.17) is 14.4 Å². The zero-order chi connectivity index (χ0) is 30.5. The molecule has 15 heteroatoms. The summed E-state index contributed by atoms with van der Waals surface area (Å²) in [7, 11) is -2.68. The van der Waals surface area contributed by atoms with Crippen LogP contribution in [-0.4, -0.2) is 107 Å². The second-order valence-corrected chi connectivity index (χ2v) is 11.6. The number of aromatic nitrogens is 2. The topological polar surface area (TPSA) is 181 Å². The first-order valence-electron chi connectivity index (χ1n) is 13.8. The summed E-state index contributed by atoms with van der Waals surface area (Å²) in [5.41, 5.74) is 1.28. The summed E-state index contributed by atoms with van der Waals surface area (Å²) in [6.07, 6.45) is 0.349. The number of ether oxygens (including phenoxy) is 1. The van der Waals surface area contributed by atoms with Crippen LogP contribution >= 0.6 is 7.60 Å². The molecule has 2 heterocycles. The maximum atomic E-state index is 13.5. The molecule has 0 saturated carbocycles. The average Bonchev–Trinajstić information content (AvgIpc) is 2.97. The molecule has 2 amide bonds. The largest absolute Gasteiger partial charge is 0.525 e. The molecule has 2 aromatic rings. The fourth-order valence-electron chi connectivity index (χ4n) is 4.24. The Morgan fingerprint density at radius 3 is 2.43 bits per heavy atom. The van der Waals surface area contributed by atoms with Crippen LogP contribution in [0.1, 0.15) is 42.4 Å². The third kappa shape index (κ3) is 10.4. The Balaban J connectivity index is 1.85. The number of unbranched alkanes of at least 4 members (excludes halogenated alkanes) is 1. The number of aryl methyl sites for hydroxylation is 1. The quantitative estimate of drug-likeness (QED) is 0.199. The van der Waals surface area contributed by atoms with Crippen LogP contribution in [0.4, 0.5) is 4.79 Å². The number of hydrogen-bond acceptors (Lipinski definition) is 10. The van der Waals surface area contributed by atoms with Gasteiger partial charge in [0.15, 0.2) is 5.82 Å². The van der Waals surface area contributed by atoms with Gasteiger partial charge in [-0.15, -0.1) is 5.06 Å². The average molecular weight is 608 g/mol. The van der Waals surface area contributed by atoms with Gasteiger partial charge in [0.25, 0.3) is 5.91 Å².